The normalized spacial score (nSPS) is 11.8. The van der Waals surface area contributed by atoms with Crippen molar-refractivity contribution in [3.05, 3.63) is 42.0 Å². The Balaban J connectivity index is 2.23. The number of benzene rings is 1. The van der Waals surface area contributed by atoms with Gasteiger partial charge in [0.25, 0.3) is 0 Å². The monoisotopic (exact) mass is 244 g/mol. The second kappa shape index (κ2) is 4.90. The third-order valence-electron chi connectivity index (χ3n) is 2.64. The lowest BCUT2D eigenvalue weighted by molar-refractivity contribution is 0.415. The maximum absolute atomic E-state index is 4.31. The number of aryl methyl sites for hydroxylation is 1. The quantitative estimate of drug-likeness (QED) is 0.902. The summed E-state index contributed by atoms with van der Waals surface area (Å²) in [5.74, 6) is 0.926. The fourth-order valence-electron chi connectivity index (χ4n) is 1.71. The van der Waals surface area contributed by atoms with Gasteiger partial charge < -0.3 is 5.32 Å². The molecule has 18 heavy (non-hydrogen) atoms. The van der Waals surface area contributed by atoms with Crippen LogP contribution in [0, 0.1) is 6.92 Å². The first-order valence-electron chi connectivity index (χ1n) is 6.17. The van der Waals surface area contributed by atoms with Gasteiger partial charge in [-0.05, 0) is 45.4 Å². The van der Waals surface area contributed by atoms with E-state index in [2.05, 4.69) is 55.2 Å². The van der Waals surface area contributed by atoms with E-state index in [1.165, 1.54) is 5.56 Å². The van der Waals surface area contributed by atoms with Crippen molar-refractivity contribution in [1.82, 2.24) is 20.1 Å². The molecule has 0 fully saturated rings. The lowest BCUT2D eigenvalue weighted by Gasteiger charge is -2.20. The predicted molar refractivity (Wildman–Crippen MR) is 72.7 cm³/mol. The van der Waals surface area contributed by atoms with Crippen molar-refractivity contribution >= 4 is 0 Å². The number of aromatic nitrogens is 3. The number of rotatable bonds is 3. The Morgan fingerprint density at radius 3 is 2.72 bits per heavy atom. The molecule has 96 valence electrons. The lowest BCUT2D eigenvalue weighted by Crippen LogP contribution is -2.35. The second-order valence-corrected chi connectivity index (χ2v) is 5.53. The van der Waals surface area contributed by atoms with Gasteiger partial charge in [-0.15, -0.1) is 0 Å². The van der Waals surface area contributed by atoms with E-state index in [0.29, 0.717) is 6.54 Å². The summed E-state index contributed by atoms with van der Waals surface area (Å²) in [5, 5.41) is 7.72. The van der Waals surface area contributed by atoms with E-state index in [9.17, 15) is 0 Å². The van der Waals surface area contributed by atoms with Crippen molar-refractivity contribution in [2.24, 2.45) is 0 Å². The van der Waals surface area contributed by atoms with Gasteiger partial charge in [0.05, 0.1) is 12.2 Å². The van der Waals surface area contributed by atoms with Crippen LogP contribution in [0.5, 0.6) is 0 Å². The van der Waals surface area contributed by atoms with E-state index < -0.39 is 0 Å². The molecule has 0 saturated carbocycles. The van der Waals surface area contributed by atoms with Crippen LogP contribution in [0.3, 0.4) is 0 Å². The molecule has 4 heteroatoms. The Bertz CT molecular complexity index is 523. The van der Waals surface area contributed by atoms with E-state index >= 15 is 0 Å². The Labute approximate surface area is 108 Å². The average molecular weight is 244 g/mol. The number of hydrogen-bond acceptors (Lipinski definition) is 3. The van der Waals surface area contributed by atoms with Crippen molar-refractivity contribution in [1.29, 1.82) is 0 Å². The summed E-state index contributed by atoms with van der Waals surface area (Å²) in [7, 11) is 0. The summed E-state index contributed by atoms with van der Waals surface area (Å²) in [4.78, 5) is 4.31. The second-order valence-electron chi connectivity index (χ2n) is 5.53. The zero-order valence-corrected chi connectivity index (χ0v) is 11.4. The molecule has 0 bridgehead atoms. The van der Waals surface area contributed by atoms with Gasteiger partial charge >= 0.3 is 0 Å². The minimum Gasteiger partial charge on any atom is -0.305 e. The minimum atomic E-state index is 0.0728. The first-order chi connectivity index (χ1) is 8.46. The zero-order chi connectivity index (χ0) is 13.2. The molecule has 0 aliphatic heterocycles. The Hall–Kier alpha value is -1.68. The largest absolute Gasteiger partial charge is 0.305 e. The first kappa shape index (κ1) is 12.8. The molecule has 0 spiro atoms. The third kappa shape index (κ3) is 3.17. The molecule has 0 atom stereocenters. The molecule has 1 N–H and O–H groups in total. The van der Waals surface area contributed by atoms with Crippen molar-refractivity contribution in [3.8, 4) is 5.69 Å². The summed E-state index contributed by atoms with van der Waals surface area (Å²) in [5.41, 5.74) is 2.35. The molecule has 0 saturated heterocycles. The predicted octanol–water partition coefficient (Wildman–Crippen LogP) is 2.46. The summed E-state index contributed by atoms with van der Waals surface area (Å²) in [6, 6.07) is 8.26. The van der Waals surface area contributed by atoms with E-state index in [0.717, 1.165) is 11.5 Å². The molecule has 0 amide bonds. The summed E-state index contributed by atoms with van der Waals surface area (Å²) < 4.78 is 1.88. The molecule has 4 nitrogen and oxygen atoms in total. The van der Waals surface area contributed by atoms with Crippen LogP contribution in [-0.4, -0.2) is 20.3 Å². The molecule has 1 aromatic heterocycles. The Morgan fingerprint density at radius 2 is 2.06 bits per heavy atom. The van der Waals surface area contributed by atoms with Crippen LogP contribution < -0.4 is 5.32 Å². The Morgan fingerprint density at radius 1 is 1.28 bits per heavy atom. The van der Waals surface area contributed by atoms with Gasteiger partial charge in [-0.1, -0.05) is 12.1 Å². The van der Waals surface area contributed by atoms with Crippen molar-refractivity contribution in [3.63, 3.8) is 0 Å². The highest BCUT2D eigenvalue weighted by molar-refractivity contribution is 5.35. The van der Waals surface area contributed by atoms with Gasteiger partial charge in [0.2, 0.25) is 0 Å². The highest BCUT2D eigenvalue weighted by Crippen LogP contribution is 2.11. The van der Waals surface area contributed by atoms with Crippen molar-refractivity contribution < 1.29 is 0 Å². The topological polar surface area (TPSA) is 42.7 Å². The molecule has 0 radical (unpaired) electrons. The van der Waals surface area contributed by atoms with Crippen LogP contribution in [0.25, 0.3) is 5.69 Å². The third-order valence-corrected chi connectivity index (χ3v) is 2.64. The average Bonchev–Trinajstić information content (AvgIpc) is 2.73. The van der Waals surface area contributed by atoms with Gasteiger partial charge in [-0.3, -0.25) is 0 Å². The SMILES string of the molecule is Cc1cccc(-n2ncnc2CNC(C)(C)C)c1. The van der Waals surface area contributed by atoms with Crippen molar-refractivity contribution in [2.45, 2.75) is 39.8 Å². The number of nitrogens with zero attached hydrogens (tertiary/aromatic N) is 3. The molecule has 0 aliphatic rings. The van der Waals surface area contributed by atoms with Crippen LogP contribution in [0.15, 0.2) is 30.6 Å². The van der Waals surface area contributed by atoms with Crippen LogP contribution in [0.1, 0.15) is 32.2 Å². The van der Waals surface area contributed by atoms with Crippen molar-refractivity contribution in [2.75, 3.05) is 0 Å². The fraction of sp³-hybridized carbons (Fsp3) is 0.429. The Kier molecular flexibility index (Phi) is 3.48. The minimum absolute atomic E-state index is 0.0728. The van der Waals surface area contributed by atoms with Gasteiger partial charge in [0.15, 0.2) is 0 Å². The van der Waals surface area contributed by atoms with Gasteiger partial charge in [-0.2, -0.15) is 5.10 Å². The molecule has 0 aliphatic carbocycles. The molecule has 1 heterocycles. The van der Waals surface area contributed by atoms with E-state index in [1.54, 1.807) is 6.33 Å². The fourth-order valence-corrected chi connectivity index (χ4v) is 1.71. The van der Waals surface area contributed by atoms with Gasteiger partial charge in [-0.25, -0.2) is 9.67 Å². The van der Waals surface area contributed by atoms with E-state index in [1.807, 2.05) is 16.8 Å². The maximum Gasteiger partial charge on any atom is 0.146 e. The number of nitrogens with one attached hydrogen (secondary N) is 1. The standard InChI is InChI=1S/C14H20N4/c1-11-6-5-7-12(8-11)18-13(15-10-17-18)9-16-14(2,3)4/h5-8,10,16H,9H2,1-4H3. The highest BCUT2D eigenvalue weighted by Gasteiger charge is 2.12. The van der Waals surface area contributed by atoms with Crippen LogP contribution in [0.2, 0.25) is 0 Å². The zero-order valence-electron chi connectivity index (χ0n) is 11.4. The molecule has 2 rings (SSSR count). The van der Waals surface area contributed by atoms with Crippen LogP contribution in [-0.2, 0) is 6.54 Å². The summed E-state index contributed by atoms with van der Waals surface area (Å²) in [6.45, 7) is 9.20. The van der Waals surface area contributed by atoms with E-state index in [4.69, 9.17) is 0 Å². The van der Waals surface area contributed by atoms with Crippen LogP contribution in [0.4, 0.5) is 0 Å². The maximum atomic E-state index is 4.31. The smallest absolute Gasteiger partial charge is 0.146 e. The molecular formula is C14H20N4. The van der Waals surface area contributed by atoms with Gasteiger partial charge in [0, 0.05) is 5.54 Å². The molecule has 0 unspecified atom stereocenters. The lowest BCUT2D eigenvalue weighted by atomic mass is 10.1. The molecular weight excluding hydrogens is 224 g/mol. The molecule has 2 aromatic rings. The summed E-state index contributed by atoms with van der Waals surface area (Å²) >= 11 is 0. The highest BCUT2D eigenvalue weighted by atomic mass is 15.3. The van der Waals surface area contributed by atoms with E-state index in [-0.39, 0.29) is 5.54 Å². The summed E-state index contributed by atoms with van der Waals surface area (Å²) in [6.07, 6.45) is 1.60. The number of hydrogen-bond donors (Lipinski definition) is 1. The van der Waals surface area contributed by atoms with Gasteiger partial charge in [0.1, 0.15) is 12.2 Å². The first-order valence-corrected chi connectivity index (χ1v) is 6.17. The van der Waals surface area contributed by atoms with Crippen LogP contribution >= 0.6 is 0 Å². The molecule has 1 aromatic carbocycles.